The number of aromatic nitrogens is 1. The second-order valence-electron chi connectivity index (χ2n) is 4.04. The number of carbonyl (C=O) groups excluding carboxylic acids is 2. The molecule has 0 aromatic carbocycles. The van der Waals surface area contributed by atoms with E-state index >= 15 is 0 Å². The monoisotopic (exact) mass is 253 g/mol. The van der Waals surface area contributed by atoms with Crippen LogP contribution in [0.25, 0.3) is 0 Å². The Balaban J connectivity index is 1.94. The van der Waals surface area contributed by atoms with Crippen molar-refractivity contribution in [2.75, 3.05) is 25.0 Å². The lowest BCUT2D eigenvalue weighted by molar-refractivity contribution is -0.137. The van der Waals surface area contributed by atoms with E-state index in [0.29, 0.717) is 18.1 Å². The van der Waals surface area contributed by atoms with Gasteiger partial charge >= 0.3 is 0 Å². The molecule has 2 rings (SSSR count). The molecule has 1 aliphatic rings. The van der Waals surface area contributed by atoms with Gasteiger partial charge in [0.15, 0.2) is 5.13 Å². The first kappa shape index (κ1) is 12.0. The lowest BCUT2D eigenvalue weighted by atomic mass is 10.1. The van der Waals surface area contributed by atoms with Crippen LogP contribution >= 0.6 is 11.3 Å². The van der Waals surface area contributed by atoms with Gasteiger partial charge < -0.3 is 4.90 Å². The molecule has 1 aromatic rings. The van der Waals surface area contributed by atoms with Crippen LogP contribution < -0.4 is 4.90 Å². The van der Waals surface area contributed by atoms with Crippen LogP contribution in [-0.4, -0.2) is 41.8 Å². The molecule has 0 N–H and O–H groups in total. The molecule has 0 aliphatic carbocycles. The first-order chi connectivity index (χ1) is 8.18. The number of hydrogen-bond acceptors (Lipinski definition) is 4. The number of nitrogens with zero attached hydrogens (tertiary/aromatic N) is 3. The molecule has 1 fully saturated rings. The summed E-state index contributed by atoms with van der Waals surface area (Å²) in [4.78, 5) is 30.7. The molecule has 1 aromatic heterocycles. The van der Waals surface area contributed by atoms with Gasteiger partial charge in [-0.25, -0.2) is 4.98 Å². The zero-order valence-corrected chi connectivity index (χ0v) is 10.6. The molecule has 0 atom stereocenters. The summed E-state index contributed by atoms with van der Waals surface area (Å²) in [5.74, 6) is -0.00709. The van der Waals surface area contributed by atoms with Crippen molar-refractivity contribution in [3.05, 3.63) is 11.6 Å². The highest BCUT2D eigenvalue weighted by Crippen LogP contribution is 2.16. The number of piperidine rings is 1. The Bertz CT molecular complexity index is 405. The Labute approximate surface area is 104 Å². The fraction of sp³-hybridized carbons (Fsp3) is 0.545. The molecule has 1 saturated heterocycles. The van der Waals surface area contributed by atoms with Gasteiger partial charge in [-0.1, -0.05) is 0 Å². The maximum atomic E-state index is 12.0. The van der Waals surface area contributed by atoms with Gasteiger partial charge in [-0.15, -0.1) is 11.3 Å². The predicted octanol–water partition coefficient (Wildman–Crippen LogP) is 1.12. The normalized spacial score (nSPS) is 16.1. The van der Waals surface area contributed by atoms with Crippen LogP contribution in [0.5, 0.6) is 0 Å². The highest BCUT2D eigenvalue weighted by Gasteiger charge is 2.23. The van der Waals surface area contributed by atoms with Gasteiger partial charge in [-0.3, -0.25) is 14.5 Å². The highest BCUT2D eigenvalue weighted by molar-refractivity contribution is 7.13. The fourth-order valence-corrected chi connectivity index (χ4v) is 2.41. The summed E-state index contributed by atoms with van der Waals surface area (Å²) in [7, 11) is 1.69. The molecule has 0 bridgehead atoms. The van der Waals surface area contributed by atoms with Crippen LogP contribution in [0.3, 0.4) is 0 Å². The zero-order valence-electron chi connectivity index (χ0n) is 9.76. The van der Waals surface area contributed by atoms with Gasteiger partial charge in [0.05, 0.1) is 0 Å². The van der Waals surface area contributed by atoms with Crippen LogP contribution in [0, 0.1) is 0 Å². The number of likely N-dealkylation sites (tertiary alicyclic amines) is 1. The Morgan fingerprint density at radius 2 is 2.41 bits per heavy atom. The van der Waals surface area contributed by atoms with Gasteiger partial charge in [-0.2, -0.15) is 0 Å². The average Bonchev–Trinajstić information content (AvgIpc) is 2.84. The van der Waals surface area contributed by atoms with Gasteiger partial charge in [0.1, 0.15) is 6.54 Å². The predicted molar refractivity (Wildman–Crippen MR) is 66.0 cm³/mol. The number of thiazole rings is 1. The smallest absolute Gasteiger partial charge is 0.248 e. The van der Waals surface area contributed by atoms with Crippen LogP contribution in [-0.2, 0) is 9.59 Å². The summed E-state index contributed by atoms with van der Waals surface area (Å²) in [5, 5.41) is 2.49. The second kappa shape index (κ2) is 5.27. The van der Waals surface area contributed by atoms with Crippen molar-refractivity contribution in [2.24, 2.45) is 0 Å². The van der Waals surface area contributed by atoms with E-state index < -0.39 is 0 Å². The third kappa shape index (κ3) is 2.82. The molecule has 1 aliphatic heterocycles. The molecule has 0 spiro atoms. The molecular formula is C11H15N3O2S. The SMILES string of the molecule is CN(C(=O)CN1CCCCC1=O)c1nccs1. The van der Waals surface area contributed by atoms with Crippen molar-refractivity contribution in [1.29, 1.82) is 0 Å². The Morgan fingerprint density at radius 3 is 3.06 bits per heavy atom. The maximum Gasteiger partial charge on any atom is 0.248 e. The summed E-state index contributed by atoms with van der Waals surface area (Å²) in [6.07, 6.45) is 4.15. The van der Waals surface area contributed by atoms with E-state index in [1.54, 1.807) is 18.1 Å². The van der Waals surface area contributed by atoms with Crippen molar-refractivity contribution < 1.29 is 9.59 Å². The average molecular weight is 253 g/mol. The molecule has 17 heavy (non-hydrogen) atoms. The van der Waals surface area contributed by atoms with Crippen molar-refractivity contribution >= 4 is 28.3 Å². The molecule has 0 unspecified atom stereocenters. The minimum absolute atomic E-state index is 0.0807. The van der Waals surface area contributed by atoms with Crippen LogP contribution in [0.15, 0.2) is 11.6 Å². The number of carbonyl (C=O) groups is 2. The number of anilines is 1. The van der Waals surface area contributed by atoms with Crippen LogP contribution in [0.2, 0.25) is 0 Å². The fourth-order valence-electron chi connectivity index (χ4n) is 1.79. The van der Waals surface area contributed by atoms with Crippen molar-refractivity contribution in [3.63, 3.8) is 0 Å². The third-order valence-corrected chi connectivity index (χ3v) is 3.68. The molecule has 2 heterocycles. The molecule has 92 valence electrons. The lowest BCUT2D eigenvalue weighted by Gasteiger charge is -2.27. The summed E-state index contributed by atoms with van der Waals surface area (Å²) in [5.41, 5.74) is 0. The Kier molecular flexibility index (Phi) is 3.73. The van der Waals surface area contributed by atoms with Crippen molar-refractivity contribution in [3.8, 4) is 0 Å². The van der Waals surface area contributed by atoms with E-state index in [4.69, 9.17) is 0 Å². The van der Waals surface area contributed by atoms with Crippen molar-refractivity contribution in [2.45, 2.75) is 19.3 Å². The maximum absolute atomic E-state index is 12.0. The molecule has 6 heteroatoms. The van der Waals surface area contributed by atoms with Crippen LogP contribution in [0.4, 0.5) is 5.13 Å². The molecule has 0 radical (unpaired) electrons. The largest absolute Gasteiger partial charge is 0.333 e. The number of likely N-dealkylation sites (N-methyl/N-ethyl adjacent to an activating group) is 1. The van der Waals surface area contributed by atoms with Gasteiger partial charge in [0, 0.05) is 31.6 Å². The minimum Gasteiger partial charge on any atom is -0.333 e. The number of rotatable bonds is 3. The van der Waals surface area contributed by atoms with Gasteiger partial charge in [-0.05, 0) is 12.8 Å². The Hall–Kier alpha value is -1.43. The van der Waals surface area contributed by atoms with Gasteiger partial charge in [0.2, 0.25) is 11.8 Å². The zero-order chi connectivity index (χ0) is 12.3. The quantitative estimate of drug-likeness (QED) is 0.811. The lowest BCUT2D eigenvalue weighted by Crippen LogP contribution is -2.43. The highest BCUT2D eigenvalue weighted by atomic mass is 32.1. The third-order valence-electron chi connectivity index (χ3n) is 2.83. The minimum atomic E-state index is -0.0878. The van der Waals surface area contributed by atoms with E-state index in [1.165, 1.54) is 16.2 Å². The summed E-state index contributed by atoms with van der Waals surface area (Å²) in [6.45, 7) is 0.852. The van der Waals surface area contributed by atoms with Crippen molar-refractivity contribution in [1.82, 2.24) is 9.88 Å². The first-order valence-corrected chi connectivity index (χ1v) is 6.50. The van der Waals surface area contributed by atoms with E-state index in [2.05, 4.69) is 4.98 Å². The van der Waals surface area contributed by atoms with E-state index in [0.717, 1.165) is 12.8 Å². The summed E-state index contributed by atoms with van der Waals surface area (Å²) in [6, 6.07) is 0. The topological polar surface area (TPSA) is 53.5 Å². The first-order valence-electron chi connectivity index (χ1n) is 5.62. The molecule has 2 amide bonds. The summed E-state index contributed by atoms with van der Waals surface area (Å²) >= 11 is 1.41. The molecule has 0 saturated carbocycles. The Morgan fingerprint density at radius 1 is 1.59 bits per heavy atom. The number of hydrogen-bond donors (Lipinski definition) is 0. The van der Waals surface area contributed by atoms with E-state index in [1.807, 2.05) is 5.38 Å². The van der Waals surface area contributed by atoms with E-state index in [9.17, 15) is 9.59 Å². The molecular weight excluding hydrogens is 238 g/mol. The van der Waals surface area contributed by atoms with Crippen LogP contribution in [0.1, 0.15) is 19.3 Å². The van der Waals surface area contributed by atoms with Gasteiger partial charge in [0.25, 0.3) is 0 Å². The summed E-state index contributed by atoms with van der Waals surface area (Å²) < 4.78 is 0. The van der Waals surface area contributed by atoms with E-state index in [-0.39, 0.29) is 18.4 Å². The number of amides is 2. The second-order valence-corrected chi connectivity index (χ2v) is 4.91. The standard InChI is InChI=1S/C11H15N3O2S/c1-13(11-12-5-7-17-11)10(16)8-14-6-3-2-4-9(14)15/h5,7H,2-4,6,8H2,1H3. The molecule has 5 nitrogen and oxygen atoms in total.